The van der Waals surface area contributed by atoms with E-state index in [-0.39, 0.29) is 11.1 Å². The first-order chi connectivity index (χ1) is 12.6. The molecule has 3 N–H and O–H groups in total. The Kier molecular flexibility index (Phi) is 5.00. The van der Waals surface area contributed by atoms with E-state index in [1.54, 1.807) is 18.2 Å². The van der Waals surface area contributed by atoms with Crippen molar-refractivity contribution in [1.29, 1.82) is 0 Å². The van der Waals surface area contributed by atoms with Gasteiger partial charge in [0.2, 0.25) is 5.72 Å². The van der Waals surface area contributed by atoms with Gasteiger partial charge < -0.3 is 15.7 Å². The highest BCUT2D eigenvalue weighted by Gasteiger charge is 2.66. The summed E-state index contributed by atoms with van der Waals surface area (Å²) in [7, 11) is 0. The molecule has 5 nitrogen and oxygen atoms in total. The van der Waals surface area contributed by atoms with Crippen molar-refractivity contribution in [1.82, 2.24) is 10.6 Å². The van der Waals surface area contributed by atoms with Crippen LogP contribution in [0.4, 0.5) is 18.0 Å². The Morgan fingerprint density at radius 2 is 1.67 bits per heavy atom. The van der Waals surface area contributed by atoms with Crippen molar-refractivity contribution in [2.45, 2.75) is 17.9 Å². The number of Topliss-reactive ketones (excluding diaryl/α,β-unsaturated/α-hetero) is 1. The van der Waals surface area contributed by atoms with Gasteiger partial charge in [-0.3, -0.25) is 4.79 Å². The van der Waals surface area contributed by atoms with E-state index in [0.717, 1.165) is 0 Å². The van der Waals surface area contributed by atoms with Crippen LogP contribution in [0.3, 0.4) is 0 Å². The number of urea groups is 1. The van der Waals surface area contributed by atoms with Gasteiger partial charge in [-0.1, -0.05) is 58.4 Å². The van der Waals surface area contributed by atoms with Gasteiger partial charge in [-0.15, -0.1) is 0 Å². The number of hydrogen-bond donors (Lipinski definition) is 3. The average Bonchev–Trinajstić information content (AvgIpc) is 2.61. The molecule has 0 aromatic heterocycles. The molecule has 0 aliphatic carbocycles. The van der Waals surface area contributed by atoms with E-state index >= 15 is 0 Å². The summed E-state index contributed by atoms with van der Waals surface area (Å²) < 4.78 is 41.8. The molecular formula is C18H14BrF3N2O3. The van der Waals surface area contributed by atoms with Crippen LogP contribution in [0.2, 0.25) is 0 Å². The van der Waals surface area contributed by atoms with Crippen molar-refractivity contribution >= 4 is 27.7 Å². The minimum atomic E-state index is -5.27. The molecule has 1 aliphatic rings. The van der Waals surface area contributed by atoms with Crippen LogP contribution in [0, 0.1) is 5.92 Å². The van der Waals surface area contributed by atoms with Gasteiger partial charge in [-0.2, -0.15) is 13.2 Å². The highest BCUT2D eigenvalue weighted by atomic mass is 79.9. The predicted molar refractivity (Wildman–Crippen MR) is 93.8 cm³/mol. The molecule has 1 heterocycles. The zero-order chi connectivity index (χ0) is 19.8. The van der Waals surface area contributed by atoms with E-state index in [1.807, 2.05) is 0 Å². The molecule has 1 fully saturated rings. The second-order valence-electron chi connectivity index (χ2n) is 6.10. The Morgan fingerprint density at radius 1 is 1.07 bits per heavy atom. The lowest BCUT2D eigenvalue weighted by atomic mass is 9.77. The molecule has 2 aromatic carbocycles. The van der Waals surface area contributed by atoms with Crippen LogP contribution in [0.5, 0.6) is 0 Å². The molecule has 1 saturated heterocycles. The van der Waals surface area contributed by atoms with Crippen molar-refractivity contribution in [3.05, 3.63) is 70.2 Å². The number of rotatable bonds is 3. The number of halogens is 4. The summed E-state index contributed by atoms with van der Waals surface area (Å²) in [4.78, 5) is 24.9. The molecule has 0 radical (unpaired) electrons. The third-order valence-electron chi connectivity index (χ3n) is 4.38. The minimum Gasteiger partial charge on any atom is -0.363 e. The first-order valence-electron chi connectivity index (χ1n) is 7.86. The van der Waals surface area contributed by atoms with Gasteiger partial charge >= 0.3 is 12.2 Å². The lowest BCUT2D eigenvalue weighted by molar-refractivity contribution is -0.287. The maximum atomic E-state index is 13.7. The monoisotopic (exact) mass is 442 g/mol. The van der Waals surface area contributed by atoms with Gasteiger partial charge in [0, 0.05) is 10.0 Å². The molecule has 0 saturated carbocycles. The standard InChI is InChI=1S/C18H14BrF3N2O3/c19-12-8-6-11(7-9-12)15(25)13-14(10-4-2-1-3-5-10)23-16(26)24-17(13,27)18(20,21)22/h1-9,13-14,27H,(H2,23,24,26). The Hall–Kier alpha value is -2.39. The number of benzene rings is 2. The molecule has 3 unspecified atom stereocenters. The average molecular weight is 443 g/mol. The molecule has 142 valence electrons. The third kappa shape index (κ3) is 3.57. The molecule has 0 bridgehead atoms. The van der Waals surface area contributed by atoms with Crippen LogP contribution in [0.1, 0.15) is 22.0 Å². The van der Waals surface area contributed by atoms with E-state index in [9.17, 15) is 27.9 Å². The van der Waals surface area contributed by atoms with Gasteiger partial charge in [0.05, 0.1) is 6.04 Å². The lowest BCUT2D eigenvalue weighted by Crippen LogP contribution is -2.72. The van der Waals surface area contributed by atoms with Crippen LogP contribution < -0.4 is 10.6 Å². The van der Waals surface area contributed by atoms with Crippen LogP contribution in [-0.4, -0.2) is 28.8 Å². The van der Waals surface area contributed by atoms with Crippen LogP contribution in [0.15, 0.2) is 59.1 Å². The Morgan fingerprint density at radius 3 is 2.22 bits per heavy atom. The first kappa shape index (κ1) is 19.4. The molecular weight excluding hydrogens is 429 g/mol. The van der Waals surface area contributed by atoms with Crippen molar-refractivity contribution < 1.29 is 27.9 Å². The highest BCUT2D eigenvalue weighted by Crippen LogP contribution is 2.43. The molecule has 3 rings (SSSR count). The van der Waals surface area contributed by atoms with Crippen LogP contribution in [-0.2, 0) is 0 Å². The zero-order valence-corrected chi connectivity index (χ0v) is 15.2. The Labute approximate surface area is 160 Å². The molecule has 2 aromatic rings. The number of carbonyl (C=O) groups excluding carboxylic acids is 2. The van der Waals surface area contributed by atoms with Crippen molar-refractivity contribution in [2.24, 2.45) is 5.92 Å². The number of hydrogen-bond acceptors (Lipinski definition) is 3. The molecule has 27 heavy (non-hydrogen) atoms. The van der Waals surface area contributed by atoms with Gasteiger partial charge in [0.1, 0.15) is 5.92 Å². The summed E-state index contributed by atoms with van der Waals surface area (Å²) in [5.41, 5.74) is -3.48. The van der Waals surface area contributed by atoms with E-state index in [1.165, 1.54) is 41.7 Å². The molecule has 2 amide bonds. The second-order valence-corrected chi connectivity index (χ2v) is 7.02. The fraction of sp³-hybridized carbons (Fsp3) is 0.222. The summed E-state index contributed by atoms with van der Waals surface area (Å²) in [6, 6.07) is 10.9. The van der Waals surface area contributed by atoms with Crippen molar-refractivity contribution in [3.63, 3.8) is 0 Å². The third-order valence-corrected chi connectivity index (χ3v) is 4.90. The number of aliphatic hydroxyl groups is 1. The topological polar surface area (TPSA) is 78.4 Å². The Balaban J connectivity index is 2.15. The second kappa shape index (κ2) is 6.97. The number of carbonyl (C=O) groups is 2. The largest absolute Gasteiger partial charge is 0.437 e. The van der Waals surface area contributed by atoms with Gasteiger partial charge in [0.15, 0.2) is 5.78 Å². The number of nitrogens with one attached hydrogen (secondary N) is 2. The Bertz CT molecular complexity index is 858. The normalized spacial score (nSPS) is 25.4. The summed E-state index contributed by atoms with van der Waals surface area (Å²) in [6.45, 7) is 0. The fourth-order valence-electron chi connectivity index (χ4n) is 3.07. The van der Waals surface area contributed by atoms with E-state index in [4.69, 9.17) is 0 Å². The van der Waals surface area contributed by atoms with Crippen molar-refractivity contribution in [3.8, 4) is 0 Å². The van der Waals surface area contributed by atoms with Crippen molar-refractivity contribution in [2.75, 3.05) is 0 Å². The lowest BCUT2D eigenvalue weighted by Gasteiger charge is -2.45. The maximum Gasteiger partial charge on any atom is 0.437 e. The van der Waals surface area contributed by atoms with Gasteiger partial charge in [-0.25, -0.2) is 4.79 Å². The highest BCUT2D eigenvalue weighted by molar-refractivity contribution is 9.10. The molecule has 3 atom stereocenters. The maximum absolute atomic E-state index is 13.7. The number of ketones is 1. The smallest absolute Gasteiger partial charge is 0.363 e. The summed E-state index contributed by atoms with van der Waals surface area (Å²) in [6.07, 6.45) is -5.27. The summed E-state index contributed by atoms with van der Waals surface area (Å²) in [5.74, 6) is -2.98. The molecule has 9 heteroatoms. The number of alkyl halides is 3. The SMILES string of the molecule is O=C1NC(c2ccccc2)C(C(=O)c2ccc(Br)cc2)C(O)(C(F)(F)F)N1. The summed E-state index contributed by atoms with van der Waals surface area (Å²) >= 11 is 3.19. The van der Waals surface area contributed by atoms with Crippen LogP contribution >= 0.6 is 15.9 Å². The van der Waals surface area contributed by atoms with E-state index < -0.39 is 35.7 Å². The minimum absolute atomic E-state index is 0.0234. The first-order valence-corrected chi connectivity index (χ1v) is 8.65. The quantitative estimate of drug-likeness (QED) is 0.636. The predicted octanol–water partition coefficient (Wildman–Crippen LogP) is 3.55. The van der Waals surface area contributed by atoms with Gasteiger partial charge in [0.25, 0.3) is 0 Å². The number of amides is 2. The van der Waals surface area contributed by atoms with Crippen LogP contribution in [0.25, 0.3) is 0 Å². The molecule has 0 spiro atoms. The van der Waals surface area contributed by atoms with E-state index in [0.29, 0.717) is 4.47 Å². The summed E-state index contributed by atoms with van der Waals surface area (Å²) in [5, 5.41) is 14.3. The fourth-order valence-corrected chi connectivity index (χ4v) is 3.34. The van der Waals surface area contributed by atoms with Gasteiger partial charge in [-0.05, 0) is 17.7 Å². The molecule has 1 aliphatic heterocycles. The van der Waals surface area contributed by atoms with E-state index in [2.05, 4.69) is 21.2 Å². The zero-order valence-electron chi connectivity index (χ0n) is 13.6.